The van der Waals surface area contributed by atoms with Gasteiger partial charge in [0.1, 0.15) is 5.75 Å². The van der Waals surface area contributed by atoms with Crippen LogP contribution in [-0.4, -0.2) is 7.11 Å². The van der Waals surface area contributed by atoms with Crippen molar-refractivity contribution >= 4 is 0 Å². The molecule has 0 heterocycles. The highest BCUT2D eigenvalue weighted by Crippen LogP contribution is 2.12. The smallest absolute Gasteiger partial charge is 0.118 e. The van der Waals surface area contributed by atoms with E-state index in [1.54, 1.807) is 7.11 Å². The van der Waals surface area contributed by atoms with Crippen molar-refractivity contribution in [1.29, 1.82) is 0 Å². The van der Waals surface area contributed by atoms with Crippen LogP contribution >= 0.6 is 0 Å². The van der Waals surface area contributed by atoms with E-state index in [1.165, 1.54) is 11.1 Å². The second-order valence-corrected chi connectivity index (χ2v) is 4.55. The lowest BCUT2D eigenvalue weighted by molar-refractivity contribution is 0.414. The number of rotatable bonds is 6. The lowest BCUT2D eigenvalue weighted by Crippen LogP contribution is -1.85. The molecule has 19 heavy (non-hydrogen) atoms. The van der Waals surface area contributed by atoms with Crippen LogP contribution in [0.3, 0.4) is 0 Å². The molecule has 0 aliphatic heterocycles. The Balaban J connectivity index is 1.74. The Labute approximate surface area is 115 Å². The monoisotopic (exact) mass is 252 g/mol. The van der Waals surface area contributed by atoms with Gasteiger partial charge in [0.25, 0.3) is 0 Å². The Bertz CT molecular complexity index is 497. The third kappa shape index (κ3) is 4.63. The van der Waals surface area contributed by atoms with Crippen LogP contribution in [0.5, 0.6) is 5.75 Å². The van der Waals surface area contributed by atoms with Crippen LogP contribution in [0.2, 0.25) is 0 Å². The number of allylic oxidation sites excluding steroid dienone is 2. The molecule has 0 saturated heterocycles. The summed E-state index contributed by atoms with van der Waals surface area (Å²) in [7, 11) is 1.69. The standard InChI is InChI=1S/C18H20O/c1-19-18-14-12-17(13-15-18)11-7-3-6-10-16-8-4-2-5-9-16/h2-5,7-9,12-15H,6,10-11H2,1H3/b7-3-. The molecule has 0 N–H and O–H groups in total. The summed E-state index contributed by atoms with van der Waals surface area (Å²) in [6.07, 6.45) is 7.70. The average Bonchev–Trinajstić information content (AvgIpc) is 2.49. The van der Waals surface area contributed by atoms with Crippen LogP contribution < -0.4 is 4.74 Å². The van der Waals surface area contributed by atoms with E-state index in [0.29, 0.717) is 0 Å². The molecular weight excluding hydrogens is 232 g/mol. The third-order valence-corrected chi connectivity index (χ3v) is 3.12. The molecule has 1 nitrogen and oxygen atoms in total. The molecule has 0 aliphatic rings. The van der Waals surface area contributed by atoms with Gasteiger partial charge in [-0.2, -0.15) is 0 Å². The minimum atomic E-state index is 0.914. The van der Waals surface area contributed by atoms with Gasteiger partial charge in [-0.3, -0.25) is 0 Å². The van der Waals surface area contributed by atoms with E-state index in [4.69, 9.17) is 4.74 Å². The summed E-state index contributed by atoms with van der Waals surface area (Å²) in [6.45, 7) is 0. The normalized spacial score (nSPS) is 10.8. The second kappa shape index (κ2) is 7.42. The van der Waals surface area contributed by atoms with Gasteiger partial charge in [0.15, 0.2) is 0 Å². The summed E-state index contributed by atoms with van der Waals surface area (Å²) >= 11 is 0. The van der Waals surface area contributed by atoms with Crippen LogP contribution in [0.4, 0.5) is 0 Å². The van der Waals surface area contributed by atoms with Crippen LogP contribution in [0.15, 0.2) is 66.7 Å². The second-order valence-electron chi connectivity index (χ2n) is 4.55. The zero-order valence-electron chi connectivity index (χ0n) is 11.4. The fourth-order valence-electron chi connectivity index (χ4n) is 1.99. The van der Waals surface area contributed by atoms with Crippen molar-refractivity contribution in [3.05, 3.63) is 77.9 Å². The minimum absolute atomic E-state index is 0.914. The Hall–Kier alpha value is -2.02. The van der Waals surface area contributed by atoms with Gasteiger partial charge in [-0.25, -0.2) is 0 Å². The summed E-state index contributed by atoms with van der Waals surface area (Å²) in [4.78, 5) is 0. The van der Waals surface area contributed by atoms with Gasteiger partial charge in [-0.05, 0) is 42.5 Å². The van der Waals surface area contributed by atoms with E-state index < -0.39 is 0 Å². The average molecular weight is 252 g/mol. The van der Waals surface area contributed by atoms with Crippen LogP contribution in [0.25, 0.3) is 0 Å². The predicted molar refractivity (Wildman–Crippen MR) is 80.6 cm³/mol. The topological polar surface area (TPSA) is 9.23 Å². The molecule has 0 fully saturated rings. The predicted octanol–water partition coefficient (Wildman–Crippen LogP) is 4.43. The first-order valence-electron chi connectivity index (χ1n) is 6.70. The molecule has 0 aromatic heterocycles. The Morgan fingerprint density at radius 3 is 2.26 bits per heavy atom. The van der Waals surface area contributed by atoms with Gasteiger partial charge >= 0.3 is 0 Å². The largest absolute Gasteiger partial charge is 0.497 e. The molecule has 0 atom stereocenters. The molecule has 0 aliphatic carbocycles. The zero-order valence-corrected chi connectivity index (χ0v) is 11.4. The molecule has 0 saturated carbocycles. The van der Waals surface area contributed by atoms with Gasteiger partial charge in [0, 0.05) is 0 Å². The summed E-state index contributed by atoms with van der Waals surface area (Å²) in [5, 5.41) is 0. The Morgan fingerprint density at radius 1 is 0.842 bits per heavy atom. The van der Waals surface area contributed by atoms with Crippen LogP contribution in [0, 0.1) is 0 Å². The highest BCUT2D eigenvalue weighted by molar-refractivity contribution is 5.28. The highest BCUT2D eigenvalue weighted by atomic mass is 16.5. The molecule has 0 radical (unpaired) electrons. The number of hydrogen-bond acceptors (Lipinski definition) is 1. The molecule has 2 aromatic rings. The summed E-state index contributed by atoms with van der Waals surface area (Å²) in [5.41, 5.74) is 2.72. The van der Waals surface area contributed by atoms with E-state index in [-0.39, 0.29) is 0 Å². The van der Waals surface area contributed by atoms with Crippen LogP contribution in [0.1, 0.15) is 17.5 Å². The van der Waals surface area contributed by atoms with E-state index in [0.717, 1.165) is 25.0 Å². The van der Waals surface area contributed by atoms with Crippen molar-refractivity contribution in [1.82, 2.24) is 0 Å². The van der Waals surface area contributed by atoms with Gasteiger partial charge in [0.05, 0.1) is 7.11 Å². The minimum Gasteiger partial charge on any atom is -0.497 e. The van der Waals surface area contributed by atoms with E-state index >= 15 is 0 Å². The van der Waals surface area contributed by atoms with E-state index in [1.807, 2.05) is 12.1 Å². The molecule has 0 bridgehead atoms. The first-order chi connectivity index (χ1) is 9.38. The quantitative estimate of drug-likeness (QED) is 0.691. The number of methoxy groups -OCH3 is 1. The van der Waals surface area contributed by atoms with Gasteiger partial charge in [-0.15, -0.1) is 0 Å². The van der Waals surface area contributed by atoms with Crippen molar-refractivity contribution in [3.8, 4) is 5.75 Å². The molecule has 2 aromatic carbocycles. The molecule has 98 valence electrons. The fourth-order valence-corrected chi connectivity index (χ4v) is 1.99. The highest BCUT2D eigenvalue weighted by Gasteiger charge is 1.92. The van der Waals surface area contributed by atoms with Gasteiger partial charge < -0.3 is 4.74 Å². The SMILES string of the molecule is COc1ccc(C/C=C\CCc2ccccc2)cc1. The first kappa shape index (κ1) is 13.4. The van der Waals surface area contributed by atoms with Crippen molar-refractivity contribution < 1.29 is 4.74 Å². The van der Waals surface area contributed by atoms with Crippen molar-refractivity contribution in [2.45, 2.75) is 19.3 Å². The van der Waals surface area contributed by atoms with Crippen molar-refractivity contribution in [2.24, 2.45) is 0 Å². The van der Waals surface area contributed by atoms with E-state index in [9.17, 15) is 0 Å². The van der Waals surface area contributed by atoms with Crippen molar-refractivity contribution in [3.63, 3.8) is 0 Å². The van der Waals surface area contributed by atoms with E-state index in [2.05, 4.69) is 54.6 Å². The molecular formula is C18H20O. The van der Waals surface area contributed by atoms with Gasteiger partial charge in [-0.1, -0.05) is 54.6 Å². The summed E-state index contributed by atoms with van der Waals surface area (Å²) in [5.74, 6) is 0.914. The Morgan fingerprint density at radius 2 is 1.58 bits per heavy atom. The number of ether oxygens (including phenoxy) is 1. The summed E-state index contributed by atoms with van der Waals surface area (Å²) in [6, 6.07) is 18.8. The summed E-state index contributed by atoms with van der Waals surface area (Å²) < 4.78 is 5.14. The fraction of sp³-hybridized carbons (Fsp3) is 0.222. The maximum absolute atomic E-state index is 5.14. The van der Waals surface area contributed by atoms with Crippen LogP contribution in [-0.2, 0) is 12.8 Å². The zero-order chi connectivity index (χ0) is 13.3. The lowest BCUT2D eigenvalue weighted by Gasteiger charge is -2.00. The maximum atomic E-state index is 5.14. The van der Waals surface area contributed by atoms with Gasteiger partial charge in [0.2, 0.25) is 0 Å². The molecule has 0 spiro atoms. The molecule has 0 amide bonds. The molecule has 0 unspecified atom stereocenters. The molecule has 1 heteroatoms. The maximum Gasteiger partial charge on any atom is 0.118 e. The van der Waals surface area contributed by atoms with Crippen molar-refractivity contribution in [2.75, 3.05) is 7.11 Å². The number of benzene rings is 2. The first-order valence-corrected chi connectivity index (χ1v) is 6.70. The molecule has 2 rings (SSSR count). The number of aryl methyl sites for hydroxylation is 1. The number of hydrogen-bond donors (Lipinski definition) is 0. The Kier molecular flexibility index (Phi) is 5.24. The lowest BCUT2D eigenvalue weighted by atomic mass is 10.1. The third-order valence-electron chi connectivity index (χ3n) is 3.12.